The zero-order chi connectivity index (χ0) is 22.9. The Kier molecular flexibility index (Phi) is 5.57. The van der Waals surface area contributed by atoms with Crippen LogP contribution in [0.1, 0.15) is 16.9 Å². The van der Waals surface area contributed by atoms with Crippen molar-refractivity contribution in [2.45, 2.75) is 13.5 Å². The maximum absolute atomic E-state index is 13.3. The number of aromatic nitrogens is 2. The second-order valence-electron chi connectivity index (χ2n) is 7.33. The maximum atomic E-state index is 13.3. The van der Waals surface area contributed by atoms with Crippen molar-refractivity contribution in [2.75, 3.05) is 0 Å². The van der Waals surface area contributed by atoms with E-state index in [1.807, 2.05) is 25.1 Å². The molecule has 1 saturated heterocycles. The van der Waals surface area contributed by atoms with Crippen LogP contribution in [-0.4, -0.2) is 24.5 Å². The highest BCUT2D eigenvalue weighted by Crippen LogP contribution is 2.35. The Morgan fingerprint density at radius 1 is 1.15 bits per heavy atom. The second kappa shape index (κ2) is 8.68. The van der Waals surface area contributed by atoms with Crippen molar-refractivity contribution in [3.05, 3.63) is 99.2 Å². The number of aryl methyl sites for hydroxylation is 1. The number of thiocarbonyl (C=S) groups is 1. The van der Waals surface area contributed by atoms with Crippen LogP contribution in [0.25, 0.3) is 11.7 Å². The molecule has 0 N–H and O–H groups in total. The zero-order valence-corrected chi connectivity index (χ0v) is 19.1. The van der Waals surface area contributed by atoms with Crippen molar-refractivity contribution in [1.82, 2.24) is 14.3 Å². The van der Waals surface area contributed by atoms with Crippen LogP contribution in [0.15, 0.2) is 81.2 Å². The molecule has 1 aliphatic rings. The molecule has 0 aliphatic carbocycles. The highest BCUT2D eigenvalue weighted by atomic mass is 32.2. The number of hydrogen-bond donors (Lipinski definition) is 0. The van der Waals surface area contributed by atoms with Gasteiger partial charge < -0.3 is 9.15 Å². The van der Waals surface area contributed by atoms with Gasteiger partial charge in [-0.3, -0.25) is 18.9 Å². The minimum Gasteiger partial charge on any atom is -0.467 e. The van der Waals surface area contributed by atoms with Crippen molar-refractivity contribution < 1.29 is 13.9 Å². The van der Waals surface area contributed by atoms with Gasteiger partial charge in [0.15, 0.2) is 0 Å². The number of furan rings is 1. The van der Waals surface area contributed by atoms with Gasteiger partial charge in [0.05, 0.1) is 17.7 Å². The molecular weight excluding hydrogens is 458 g/mol. The third-order valence-electron chi connectivity index (χ3n) is 4.98. The molecule has 1 aromatic carbocycles. The summed E-state index contributed by atoms with van der Waals surface area (Å²) in [6.07, 6.45) is 4.67. The topological polar surface area (TPSA) is 77.1 Å². The van der Waals surface area contributed by atoms with Crippen LogP contribution in [-0.2, 0) is 11.3 Å². The SMILES string of the molecule is Cc1cccc(Oc2nc3ccccn3c(=O)c2/C=C2\SC(=S)N(Cc3ccco3)C2=O)c1. The monoisotopic (exact) mass is 475 g/mol. The van der Waals surface area contributed by atoms with Gasteiger partial charge in [-0.15, -0.1) is 0 Å². The molecular formula is C24H17N3O4S2. The summed E-state index contributed by atoms with van der Waals surface area (Å²) in [6.45, 7) is 2.16. The van der Waals surface area contributed by atoms with Crippen molar-refractivity contribution in [2.24, 2.45) is 0 Å². The normalized spacial score (nSPS) is 15.1. The Balaban J connectivity index is 1.58. The summed E-state index contributed by atoms with van der Waals surface area (Å²) in [7, 11) is 0. The van der Waals surface area contributed by atoms with E-state index in [-0.39, 0.29) is 29.5 Å². The van der Waals surface area contributed by atoms with Crippen LogP contribution in [0, 0.1) is 6.92 Å². The van der Waals surface area contributed by atoms with E-state index < -0.39 is 0 Å². The Morgan fingerprint density at radius 3 is 2.82 bits per heavy atom. The van der Waals surface area contributed by atoms with E-state index in [1.165, 1.54) is 15.4 Å². The van der Waals surface area contributed by atoms with E-state index >= 15 is 0 Å². The lowest BCUT2D eigenvalue weighted by molar-refractivity contribution is -0.122. The van der Waals surface area contributed by atoms with Gasteiger partial charge in [0.1, 0.15) is 27.0 Å². The number of benzene rings is 1. The average Bonchev–Trinajstić information content (AvgIpc) is 3.40. The first-order valence-electron chi connectivity index (χ1n) is 10.0. The summed E-state index contributed by atoms with van der Waals surface area (Å²) in [5, 5.41) is 0. The van der Waals surface area contributed by atoms with Gasteiger partial charge >= 0.3 is 0 Å². The summed E-state index contributed by atoms with van der Waals surface area (Å²) < 4.78 is 13.2. The van der Waals surface area contributed by atoms with Gasteiger partial charge in [0, 0.05) is 6.20 Å². The molecule has 9 heteroatoms. The number of fused-ring (bicyclic) bond motifs is 1. The second-order valence-corrected chi connectivity index (χ2v) is 9.01. The fraction of sp³-hybridized carbons (Fsp3) is 0.0833. The molecule has 0 spiro atoms. The lowest BCUT2D eigenvalue weighted by Crippen LogP contribution is -2.27. The molecule has 4 aromatic rings. The van der Waals surface area contributed by atoms with Crippen molar-refractivity contribution in [1.29, 1.82) is 0 Å². The summed E-state index contributed by atoms with van der Waals surface area (Å²) in [5.74, 6) is 0.972. The third kappa shape index (κ3) is 4.20. The number of hydrogen-bond acceptors (Lipinski definition) is 7. The van der Waals surface area contributed by atoms with Crippen LogP contribution in [0.2, 0.25) is 0 Å². The molecule has 0 radical (unpaired) electrons. The van der Waals surface area contributed by atoms with E-state index in [0.717, 1.165) is 17.3 Å². The lowest BCUT2D eigenvalue weighted by Gasteiger charge is -2.12. The van der Waals surface area contributed by atoms with Crippen molar-refractivity contribution in [3.63, 3.8) is 0 Å². The number of ether oxygens (including phenoxy) is 1. The van der Waals surface area contributed by atoms with Crippen molar-refractivity contribution >= 4 is 45.9 Å². The number of nitrogens with zero attached hydrogens (tertiary/aromatic N) is 3. The summed E-state index contributed by atoms with van der Waals surface area (Å²) in [5.41, 5.74) is 1.26. The quantitative estimate of drug-likeness (QED) is 0.303. The molecule has 164 valence electrons. The molecule has 3 aromatic heterocycles. The first kappa shape index (κ1) is 21.2. The van der Waals surface area contributed by atoms with Crippen LogP contribution < -0.4 is 10.3 Å². The molecule has 5 rings (SSSR count). The van der Waals surface area contributed by atoms with Gasteiger partial charge in [-0.1, -0.05) is 42.2 Å². The Labute approximate surface area is 198 Å². The number of rotatable bonds is 5. The Hall–Kier alpha value is -3.69. The highest BCUT2D eigenvalue weighted by Gasteiger charge is 2.33. The summed E-state index contributed by atoms with van der Waals surface area (Å²) in [4.78, 5) is 32.7. The molecule has 33 heavy (non-hydrogen) atoms. The van der Waals surface area contributed by atoms with E-state index in [0.29, 0.717) is 26.4 Å². The van der Waals surface area contributed by atoms with E-state index in [2.05, 4.69) is 4.98 Å². The van der Waals surface area contributed by atoms with Gasteiger partial charge in [-0.2, -0.15) is 4.98 Å². The maximum Gasteiger partial charge on any atom is 0.269 e. The molecule has 0 saturated carbocycles. The van der Waals surface area contributed by atoms with Gasteiger partial charge in [-0.05, 0) is 55.0 Å². The predicted octanol–water partition coefficient (Wildman–Crippen LogP) is 4.79. The van der Waals surface area contributed by atoms with Gasteiger partial charge in [-0.25, -0.2) is 0 Å². The number of pyridine rings is 1. The average molecular weight is 476 g/mol. The molecule has 1 amide bonds. The molecule has 0 unspecified atom stereocenters. The largest absolute Gasteiger partial charge is 0.467 e. The summed E-state index contributed by atoms with van der Waals surface area (Å²) >= 11 is 6.53. The highest BCUT2D eigenvalue weighted by molar-refractivity contribution is 8.26. The van der Waals surface area contributed by atoms with Gasteiger partial charge in [0.2, 0.25) is 5.88 Å². The van der Waals surface area contributed by atoms with Gasteiger partial charge in [0.25, 0.3) is 11.5 Å². The van der Waals surface area contributed by atoms with Crippen LogP contribution in [0.5, 0.6) is 11.6 Å². The standard InChI is InChI=1S/C24H17N3O4S2/c1-15-6-4-7-16(12-15)31-21-18(22(28)26-10-3-2-9-20(26)25-21)13-19-23(29)27(24(32)33-19)14-17-8-5-11-30-17/h2-13H,14H2,1H3/b19-13-. The molecule has 4 heterocycles. The molecule has 1 aliphatic heterocycles. The Bertz CT molecular complexity index is 1470. The number of amides is 1. The number of thioether (sulfide) groups is 1. The fourth-order valence-electron chi connectivity index (χ4n) is 3.40. The minimum atomic E-state index is -0.348. The predicted molar refractivity (Wildman–Crippen MR) is 130 cm³/mol. The first-order chi connectivity index (χ1) is 16.0. The van der Waals surface area contributed by atoms with Crippen LogP contribution in [0.4, 0.5) is 0 Å². The van der Waals surface area contributed by atoms with Crippen molar-refractivity contribution in [3.8, 4) is 11.6 Å². The summed E-state index contributed by atoms with van der Waals surface area (Å²) in [6, 6.07) is 16.2. The molecule has 0 atom stereocenters. The Morgan fingerprint density at radius 2 is 2.03 bits per heavy atom. The molecule has 1 fully saturated rings. The molecule has 0 bridgehead atoms. The first-order valence-corrected chi connectivity index (χ1v) is 11.3. The minimum absolute atomic E-state index is 0.119. The number of carbonyl (C=O) groups is 1. The van der Waals surface area contributed by atoms with E-state index in [4.69, 9.17) is 21.4 Å². The third-order valence-corrected chi connectivity index (χ3v) is 6.36. The lowest BCUT2D eigenvalue weighted by atomic mass is 10.2. The number of carbonyl (C=O) groups excluding carboxylic acids is 1. The van der Waals surface area contributed by atoms with E-state index in [9.17, 15) is 9.59 Å². The smallest absolute Gasteiger partial charge is 0.269 e. The van der Waals surface area contributed by atoms with Crippen LogP contribution in [0.3, 0.4) is 0 Å². The molecule has 7 nitrogen and oxygen atoms in total. The fourth-order valence-corrected chi connectivity index (χ4v) is 4.64. The zero-order valence-electron chi connectivity index (χ0n) is 17.4. The van der Waals surface area contributed by atoms with E-state index in [1.54, 1.807) is 48.9 Å². The van der Waals surface area contributed by atoms with Crippen LogP contribution >= 0.6 is 24.0 Å².